The molecule has 0 aliphatic heterocycles. The SMILES string of the molecule is CC(C)=CC(=O)NCC[C@@H](C)/C=C/C[C@@H](C)/C=C/C=C\Cl. The molecule has 0 fully saturated rings. The summed E-state index contributed by atoms with van der Waals surface area (Å²) in [6.45, 7) is 8.89. The third-order valence-corrected chi connectivity index (χ3v) is 3.06. The highest BCUT2D eigenvalue weighted by atomic mass is 35.5. The normalized spacial score (nSPS) is 14.7. The maximum Gasteiger partial charge on any atom is 0.243 e. The number of allylic oxidation sites excluding steroid dienone is 6. The Balaban J connectivity index is 3.88. The first-order chi connectivity index (χ1) is 9.95. The summed E-state index contributed by atoms with van der Waals surface area (Å²) in [5.74, 6) is 0.965. The van der Waals surface area contributed by atoms with Gasteiger partial charge < -0.3 is 5.32 Å². The van der Waals surface area contributed by atoms with Crippen LogP contribution in [0.5, 0.6) is 0 Å². The molecule has 2 atom stereocenters. The van der Waals surface area contributed by atoms with Crippen molar-refractivity contribution in [3.8, 4) is 0 Å². The van der Waals surface area contributed by atoms with Gasteiger partial charge in [-0.25, -0.2) is 0 Å². The molecule has 0 aliphatic rings. The number of hydrogen-bond donors (Lipinski definition) is 1. The first-order valence-electron chi connectivity index (χ1n) is 7.48. The molecule has 1 amide bonds. The van der Waals surface area contributed by atoms with E-state index in [1.165, 1.54) is 5.54 Å². The Kier molecular flexibility index (Phi) is 11.7. The van der Waals surface area contributed by atoms with E-state index in [2.05, 4.69) is 37.4 Å². The van der Waals surface area contributed by atoms with Gasteiger partial charge in [0.1, 0.15) is 0 Å². The van der Waals surface area contributed by atoms with Crippen molar-refractivity contribution in [2.24, 2.45) is 11.8 Å². The molecule has 0 unspecified atom stereocenters. The average molecular weight is 310 g/mol. The van der Waals surface area contributed by atoms with E-state index in [-0.39, 0.29) is 5.91 Å². The Morgan fingerprint density at radius 1 is 1.14 bits per heavy atom. The number of hydrogen-bond acceptors (Lipinski definition) is 1. The van der Waals surface area contributed by atoms with E-state index >= 15 is 0 Å². The van der Waals surface area contributed by atoms with Crippen LogP contribution in [0.15, 0.2) is 47.6 Å². The van der Waals surface area contributed by atoms with Crippen LogP contribution in [0.1, 0.15) is 40.5 Å². The summed E-state index contributed by atoms with van der Waals surface area (Å²) in [4.78, 5) is 11.4. The molecule has 1 N–H and O–H groups in total. The Morgan fingerprint density at radius 3 is 2.48 bits per heavy atom. The molecule has 0 saturated heterocycles. The zero-order valence-corrected chi connectivity index (χ0v) is 14.4. The molecule has 0 spiro atoms. The van der Waals surface area contributed by atoms with Crippen molar-refractivity contribution in [1.82, 2.24) is 5.32 Å². The van der Waals surface area contributed by atoms with Crippen molar-refractivity contribution in [3.63, 3.8) is 0 Å². The monoisotopic (exact) mass is 309 g/mol. The highest BCUT2D eigenvalue weighted by Gasteiger charge is 2.00. The third-order valence-electron chi connectivity index (χ3n) is 2.91. The molecular weight excluding hydrogens is 282 g/mol. The summed E-state index contributed by atoms with van der Waals surface area (Å²) in [6.07, 6.45) is 13.9. The minimum Gasteiger partial charge on any atom is -0.353 e. The first-order valence-corrected chi connectivity index (χ1v) is 7.92. The van der Waals surface area contributed by atoms with E-state index in [9.17, 15) is 4.79 Å². The van der Waals surface area contributed by atoms with Crippen LogP contribution in [-0.2, 0) is 4.79 Å². The second-order valence-electron chi connectivity index (χ2n) is 5.62. The lowest BCUT2D eigenvalue weighted by Gasteiger charge is -2.07. The number of nitrogens with one attached hydrogen (secondary N) is 1. The molecule has 0 radical (unpaired) electrons. The fourth-order valence-corrected chi connectivity index (χ4v) is 1.82. The average Bonchev–Trinajstić information content (AvgIpc) is 2.38. The first kappa shape index (κ1) is 19.7. The van der Waals surface area contributed by atoms with Crippen LogP contribution in [0.2, 0.25) is 0 Å². The molecule has 118 valence electrons. The lowest BCUT2D eigenvalue weighted by Crippen LogP contribution is -2.23. The molecule has 0 aliphatic carbocycles. The van der Waals surface area contributed by atoms with Gasteiger partial charge in [-0.05, 0) is 38.5 Å². The number of carbonyl (C=O) groups excluding carboxylic acids is 1. The van der Waals surface area contributed by atoms with E-state index in [0.29, 0.717) is 18.4 Å². The minimum atomic E-state index is -0.00251. The highest BCUT2D eigenvalue weighted by Crippen LogP contribution is 2.09. The van der Waals surface area contributed by atoms with Gasteiger partial charge in [0.05, 0.1) is 0 Å². The molecular formula is C18H28ClNO. The van der Waals surface area contributed by atoms with E-state index in [1.54, 1.807) is 6.08 Å². The van der Waals surface area contributed by atoms with Crippen LogP contribution in [0, 0.1) is 11.8 Å². The van der Waals surface area contributed by atoms with Gasteiger partial charge >= 0.3 is 0 Å². The summed E-state index contributed by atoms with van der Waals surface area (Å²) in [7, 11) is 0. The fourth-order valence-electron chi connectivity index (χ4n) is 1.73. The third kappa shape index (κ3) is 13.5. The largest absolute Gasteiger partial charge is 0.353 e. The number of amides is 1. The standard InChI is InChI=1S/C18H28ClNO/c1-15(2)14-18(21)20-13-11-17(4)10-7-9-16(3)8-5-6-12-19/h5-8,10,12,14,16-17H,9,11,13H2,1-4H3,(H,20,21)/b8-5+,10-7+,12-6-/t16-,17-/m0/s1. The molecule has 0 rings (SSSR count). The number of halogens is 1. The summed E-state index contributed by atoms with van der Waals surface area (Å²) in [6, 6.07) is 0. The number of rotatable bonds is 9. The van der Waals surface area contributed by atoms with Gasteiger partial charge in [0.15, 0.2) is 0 Å². The highest BCUT2D eigenvalue weighted by molar-refractivity contribution is 6.25. The zero-order chi connectivity index (χ0) is 16.1. The van der Waals surface area contributed by atoms with Crippen molar-refractivity contribution in [2.45, 2.75) is 40.5 Å². The van der Waals surface area contributed by atoms with Crippen LogP contribution in [0.25, 0.3) is 0 Å². The van der Waals surface area contributed by atoms with E-state index in [4.69, 9.17) is 11.6 Å². The second kappa shape index (κ2) is 12.5. The molecule has 0 aromatic rings. The van der Waals surface area contributed by atoms with Crippen LogP contribution in [0.4, 0.5) is 0 Å². The predicted octanol–water partition coefficient (Wildman–Crippen LogP) is 4.99. The lowest BCUT2D eigenvalue weighted by atomic mass is 10.0. The molecule has 3 heteroatoms. The maximum atomic E-state index is 11.4. The summed E-state index contributed by atoms with van der Waals surface area (Å²) in [5.41, 5.74) is 2.52. The summed E-state index contributed by atoms with van der Waals surface area (Å²) >= 11 is 5.45. The maximum absolute atomic E-state index is 11.4. The summed E-state index contributed by atoms with van der Waals surface area (Å²) < 4.78 is 0. The Hall–Kier alpha value is -1.28. The second-order valence-corrected chi connectivity index (χ2v) is 5.88. The molecule has 0 aromatic carbocycles. The van der Waals surface area contributed by atoms with E-state index in [1.807, 2.05) is 26.0 Å². The zero-order valence-electron chi connectivity index (χ0n) is 13.6. The van der Waals surface area contributed by atoms with Gasteiger partial charge in [-0.1, -0.05) is 61.4 Å². The molecule has 21 heavy (non-hydrogen) atoms. The van der Waals surface area contributed by atoms with Crippen molar-refractivity contribution in [3.05, 3.63) is 47.6 Å². The van der Waals surface area contributed by atoms with Gasteiger partial charge in [0.2, 0.25) is 5.91 Å². The summed E-state index contributed by atoms with van der Waals surface area (Å²) in [5, 5.41) is 2.90. The molecule has 0 saturated carbocycles. The molecule has 0 heterocycles. The fraction of sp³-hybridized carbons (Fsp3) is 0.500. The van der Waals surface area contributed by atoms with Crippen molar-refractivity contribution in [2.75, 3.05) is 6.54 Å². The topological polar surface area (TPSA) is 29.1 Å². The molecule has 0 aromatic heterocycles. The van der Waals surface area contributed by atoms with Gasteiger partial charge in [-0.2, -0.15) is 0 Å². The lowest BCUT2D eigenvalue weighted by molar-refractivity contribution is -0.116. The van der Waals surface area contributed by atoms with Crippen LogP contribution < -0.4 is 5.32 Å². The number of carbonyl (C=O) groups is 1. The molecule has 2 nitrogen and oxygen atoms in total. The molecule has 0 bridgehead atoms. The van der Waals surface area contributed by atoms with Gasteiger partial charge in [-0.3, -0.25) is 4.79 Å². The minimum absolute atomic E-state index is 0.00251. The Labute approximate surface area is 134 Å². The van der Waals surface area contributed by atoms with Crippen molar-refractivity contribution in [1.29, 1.82) is 0 Å². The van der Waals surface area contributed by atoms with Crippen molar-refractivity contribution < 1.29 is 4.79 Å². The van der Waals surface area contributed by atoms with Crippen LogP contribution >= 0.6 is 11.6 Å². The smallest absolute Gasteiger partial charge is 0.243 e. The Morgan fingerprint density at radius 2 is 1.86 bits per heavy atom. The van der Waals surface area contributed by atoms with E-state index in [0.717, 1.165) is 18.4 Å². The van der Waals surface area contributed by atoms with Gasteiger partial charge in [-0.15, -0.1) is 0 Å². The predicted molar refractivity (Wildman–Crippen MR) is 93.3 cm³/mol. The van der Waals surface area contributed by atoms with Gasteiger partial charge in [0.25, 0.3) is 0 Å². The van der Waals surface area contributed by atoms with Gasteiger partial charge in [0, 0.05) is 18.2 Å². The quantitative estimate of drug-likeness (QED) is 0.363. The van der Waals surface area contributed by atoms with Crippen LogP contribution in [0.3, 0.4) is 0 Å². The van der Waals surface area contributed by atoms with Crippen LogP contribution in [-0.4, -0.2) is 12.5 Å². The Bertz CT molecular complexity index is 403. The van der Waals surface area contributed by atoms with E-state index < -0.39 is 0 Å². The van der Waals surface area contributed by atoms with Crippen molar-refractivity contribution >= 4 is 17.5 Å².